The average Bonchev–Trinajstić information content (AvgIpc) is 3.33. The van der Waals surface area contributed by atoms with Gasteiger partial charge in [0.05, 0.1) is 17.4 Å². The summed E-state index contributed by atoms with van der Waals surface area (Å²) in [6, 6.07) is 10.5. The molecule has 0 saturated carbocycles. The number of pyridine rings is 1. The van der Waals surface area contributed by atoms with Gasteiger partial charge in [0.25, 0.3) is 17.6 Å². The van der Waals surface area contributed by atoms with Gasteiger partial charge in [0.1, 0.15) is 0 Å². The number of carbonyl (C=O) groups is 3. The highest BCUT2D eigenvalue weighted by molar-refractivity contribution is 6.45. The predicted molar refractivity (Wildman–Crippen MR) is 129 cm³/mol. The number of amides is 2. The zero-order valence-corrected chi connectivity index (χ0v) is 18.7. The topological polar surface area (TPSA) is 102 Å². The molecular weight excluding hydrogens is 432 g/mol. The maximum Gasteiger partial charge on any atom is 0.295 e. The Morgan fingerprint density at radius 3 is 2.65 bits per heavy atom. The van der Waals surface area contributed by atoms with Gasteiger partial charge in [0.2, 0.25) is 0 Å². The normalized spacial score (nSPS) is 17.9. The van der Waals surface area contributed by atoms with Crippen molar-refractivity contribution in [3.63, 3.8) is 0 Å². The monoisotopic (exact) mass is 456 g/mol. The summed E-state index contributed by atoms with van der Waals surface area (Å²) in [6.07, 6.45) is 8.48. The van der Waals surface area contributed by atoms with Gasteiger partial charge in [0, 0.05) is 61.8 Å². The highest BCUT2D eigenvalue weighted by atomic mass is 16.2. The number of H-pyrrole nitrogens is 1. The van der Waals surface area contributed by atoms with E-state index in [0.717, 1.165) is 0 Å². The van der Waals surface area contributed by atoms with Crippen LogP contribution in [0.3, 0.4) is 0 Å². The molecule has 2 aliphatic rings. The smallest absolute Gasteiger partial charge is 0.295 e. The minimum Gasteiger partial charge on any atom is -0.357 e. The van der Waals surface area contributed by atoms with E-state index in [1.807, 2.05) is 36.1 Å². The van der Waals surface area contributed by atoms with E-state index in [-0.39, 0.29) is 11.9 Å². The third-order valence-electron chi connectivity index (χ3n) is 6.19. The van der Waals surface area contributed by atoms with Crippen LogP contribution in [-0.2, 0) is 4.79 Å². The Morgan fingerprint density at radius 1 is 1.09 bits per heavy atom. The molecule has 2 aliphatic heterocycles. The summed E-state index contributed by atoms with van der Waals surface area (Å²) in [7, 11) is 0. The molecular formula is C25H24N6O3. The van der Waals surface area contributed by atoms with Crippen LogP contribution in [0.5, 0.6) is 0 Å². The van der Waals surface area contributed by atoms with Crippen molar-refractivity contribution in [2.45, 2.75) is 13.0 Å². The second-order valence-electron chi connectivity index (χ2n) is 8.36. The minimum absolute atomic E-state index is 0.0707. The molecule has 0 radical (unpaired) electrons. The van der Waals surface area contributed by atoms with Gasteiger partial charge in [0.15, 0.2) is 5.82 Å². The van der Waals surface area contributed by atoms with Crippen molar-refractivity contribution in [3.8, 4) is 0 Å². The molecule has 2 amide bonds. The van der Waals surface area contributed by atoms with E-state index in [9.17, 15) is 14.4 Å². The second-order valence-corrected chi connectivity index (χ2v) is 8.36. The zero-order chi connectivity index (χ0) is 23.7. The van der Waals surface area contributed by atoms with Gasteiger partial charge in [-0.05, 0) is 31.2 Å². The van der Waals surface area contributed by atoms with Crippen LogP contribution >= 0.6 is 0 Å². The number of hydrogen-bond acceptors (Lipinski definition) is 6. The summed E-state index contributed by atoms with van der Waals surface area (Å²) in [5, 5.41) is 0.636. The van der Waals surface area contributed by atoms with Crippen LogP contribution in [0.25, 0.3) is 10.9 Å². The van der Waals surface area contributed by atoms with Gasteiger partial charge < -0.3 is 19.7 Å². The maximum atomic E-state index is 13.2. The molecule has 9 nitrogen and oxygen atoms in total. The molecule has 1 saturated heterocycles. The number of aliphatic imine (C=N–C) groups is 1. The first-order valence-electron chi connectivity index (χ1n) is 11.1. The lowest BCUT2D eigenvalue weighted by Gasteiger charge is -2.39. The summed E-state index contributed by atoms with van der Waals surface area (Å²) in [5.74, 6) is -0.580. The van der Waals surface area contributed by atoms with E-state index in [1.165, 1.54) is 0 Å². The number of carbonyl (C=O) groups excluding carboxylic acids is 3. The molecule has 9 heteroatoms. The van der Waals surface area contributed by atoms with Crippen LogP contribution in [0.15, 0.2) is 66.1 Å². The number of nitrogens with zero attached hydrogens (tertiary/aromatic N) is 5. The third kappa shape index (κ3) is 3.85. The van der Waals surface area contributed by atoms with Gasteiger partial charge in [-0.3, -0.25) is 14.4 Å². The molecule has 1 aromatic carbocycles. The SMILES string of the molecule is C[C@@H]1CN(C(=O)c2ccccc2)CCN1C(=O)C(=O)c1c[nH]c2c(N3C=NC=CC3)nccc12. The van der Waals surface area contributed by atoms with Crippen LogP contribution in [0.4, 0.5) is 5.82 Å². The first kappa shape index (κ1) is 21.6. The third-order valence-corrected chi connectivity index (χ3v) is 6.19. The number of ketones is 1. The molecule has 0 unspecified atom stereocenters. The fourth-order valence-electron chi connectivity index (χ4n) is 4.43. The van der Waals surface area contributed by atoms with E-state index >= 15 is 0 Å². The molecule has 172 valence electrons. The minimum atomic E-state index is -0.578. The summed E-state index contributed by atoms with van der Waals surface area (Å²) in [6.45, 7) is 3.52. The van der Waals surface area contributed by atoms with E-state index in [0.29, 0.717) is 54.0 Å². The van der Waals surface area contributed by atoms with Gasteiger partial charge in [-0.25, -0.2) is 9.98 Å². The molecule has 2 aromatic heterocycles. The molecule has 0 aliphatic carbocycles. The fourth-order valence-corrected chi connectivity index (χ4v) is 4.43. The number of fused-ring (bicyclic) bond motifs is 1. The highest BCUT2D eigenvalue weighted by Gasteiger charge is 2.34. The number of nitrogens with one attached hydrogen (secondary N) is 1. The number of Topliss-reactive ketones (excluding diaryl/α,β-unsaturated/α-hetero) is 1. The van der Waals surface area contributed by atoms with Crippen molar-refractivity contribution < 1.29 is 14.4 Å². The number of rotatable bonds is 4. The fraction of sp³-hybridized carbons (Fsp3) is 0.240. The van der Waals surface area contributed by atoms with Crippen LogP contribution in [0.2, 0.25) is 0 Å². The van der Waals surface area contributed by atoms with Crippen molar-refractivity contribution in [1.82, 2.24) is 19.8 Å². The molecule has 1 N–H and O–H groups in total. The first-order valence-corrected chi connectivity index (χ1v) is 11.1. The highest BCUT2D eigenvalue weighted by Crippen LogP contribution is 2.27. The number of anilines is 1. The van der Waals surface area contributed by atoms with Gasteiger partial charge in [-0.15, -0.1) is 0 Å². The molecule has 0 bridgehead atoms. The lowest BCUT2D eigenvalue weighted by Crippen LogP contribution is -2.56. The van der Waals surface area contributed by atoms with Crippen molar-refractivity contribution in [2.75, 3.05) is 31.1 Å². The number of hydrogen-bond donors (Lipinski definition) is 1. The number of aromatic amines is 1. The molecule has 34 heavy (non-hydrogen) atoms. The Bertz CT molecular complexity index is 1310. The molecule has 4 heterocycles. The van der Waals surface area contributed by atoms with Crippen molar-refractivity contribution in [1.29, 1.82) is 0 Å². The van der Waals surface area contributed by atoms with Gasteiger partial charge in [-0.1, -0.05) is 18.2 Å². The Hall–Kier alpha value is -4.27. The average molecular weight is 457 g/mol. The summed E-state index contributed by atoms with van der Waals surface area (Å²) >= 11 is 0. The Labute approximate surface area is 196 Å². The molecule has 1 fully saturated rings. The Kier molecular flexibility index (Phi) is 5.67. The van der Waals surface area contributed by atoms with Crippen LogP contribution in [0.1, 0.15) is 27.6 Å². The number of benzene rings is 1. The van der Waals surface area contributed by atoms with E-state index in [2.05, 4.69) is 15.0 Å². The maximum absolute atomic E-state index is 13.2. The van der Waals surface area contributed by atoms with E-state index in [4.69, 9.17) is 0 Å². The largest absolute Gasteiger partial charge is 0.357 e. The van der Waals surface area contributed by atoms with Crippen molar-refractivity contribution >= 4 is 40.7 Å². The standard InChI is InChI=1S/C25H24N6O3/c1-17-15-29(24(33)18-6-3-2-4-7-18)12-13-31(17)25(34)22(32)20-14-28-21-19(20)8-10-27-23(21)30-11-5-9-26-16-30/h2-10,14,16-17,28H,11-13,15H2,1H3/t17-/m1/s1. The van der Waals surface area contributed by atoms with Crippen LogP contribution in [-0.4, -0.2) is 75.9 Å². The second kappa shape index (κ2) is 8.93. The first-order chi connectivity index (χ1) is 16.5. The number of piperazine rings is 1. The molecule has 5 rings (SSSR count). The van der Waals surface area contributed by atoms with E-state index < -0.39 is 11.7 Å². The summed E-state index contributed by atoms with van der Waals surface area (Å²) < 4.78 is 0. The predicted octanol–water partition coefficient (Wildman–Crippen LogP) is 2.48. The van der Waals surface area contributed by atoms with Gasteiger partial charge in [-0.2, -0.15) is 0 Å². The lowest BCUT2D eigenvalue weighted by atomic mass is 10.1. The van der Waals surface area contributed by atoms with Crippen molar-refractivity contribution in [3.05, 3.63) is 72.2 Å². The Balaban J connectivity index is 1.33. The van der Waals surface area contributed by atoms with Crippen LogP contribution in [0, 0.1) is 0 Å². The van der Waals surface area contributed by atoms with E-state index in [1.54, 1.807) is 52.9 Å². The number of aromatic nitrogens is 2. The Morgan fingerprint density at radius 2 is 1.91 bits per heavy atom. The quantitative estimate of drug-likeness (QED) is 0.480. The van der Waals surface area contributed by atoms with Crippen molar-refractivity contribution in [2.24, 2.45) is 4.99 Å². The summed E-state index contributed by atoms with van der Waals surface area (Å²) in [4.78, 5) is 56.0. The lowest BCUT2D eigenvalue weighted by molar-refractivity contribution is -0.130. The summed E-state index contributed by atoms with van der Waals surface area (Å²) in [5.41, 5.74) is 1.60. The van der Waals surface area contributed by atoms with Crippen LogP contribution < -0.4 is 4.90 Å². The zero-order valence-electron chi connectivity index (χ0n) is 18.7. The molecule has 3 aromatic rings. The molecule has 0 spiro atoms. The van der Waals surface area contributed by atoms with Gasteiger partial charge >= 0.3 is 0 Å². The molecule has 1 atom stereocenters.